The van der Waals surface area contributed by atoms with E-state index >= 15 is 0 Å². The van der Waals surface area contributed by atoms with Gasteiger partial charge in [-0.3, -0.25) is 4.79 Å². The number of rotatable bonds is 3. The highest BCUT2D eigenvalue weighted by Gasteiger charge is 2.15. The van der Waals surface area contributed by atoms with Gasteiger partial charge in [-0.05, 0) is 30.7 Å². The minimum absolute atomic E-state index is 0.164. The topological polar surface area (TPSA) is 67.9 Å². The molecule has 0 fully saturated rings. The summed E-state index contributed by atoms with van der Waals surface area (Å²) in [6.07, 6.45) is 0. The fourth-order valence-corrected chi connectivity index (χ4v) is 1.33. The summed E-state index contributed by atoms with van der Waals surface area (Å²) in [5, 5.41) is 17.1. The Morgan fingerprint density at radius 1 is 1.35 bits per heavy atom. The molecular formula is C12H10FN3O. The molecule has 86 valence electrons. The quantitative estimate of drug-likeness (QED) is 0.742. The molecule has 0 saturated heterocycles. The number of nitriles is 2. The zero-order valence-corrected chi connectivity index (χ0v) is 9.27. The van der Waals surface area contributed by atoms with Gasteiger partial charge in [-0.2, -0.15) is 10.5 Å². The molecule has 0 spiro atoms. The van der Waals surface area contributed by atoms with E-state index < -0.39 is 11.7 Å². The van der Waals surface area contributed by atoms with Gasteiger partial charge >= 0.3 is 0 Å². The summed E-state index contributed by atoms with van der Waals surface area (Å²) in [7, 11) is 0. The largest absolute Gasteiger partial charge is 0.312 e. The van der Waals surface area contributed by atoms with Crippen LogP contribution in [0.2, 0.25) is 0 Å². The van der Waals surface area contributed by atoms with Gasteiger partial charge < -0.3 is 4.90 Å². The third-order valence-corrected chi connectivity index (χ3v) is 2.22. The van der Waals surface area contributed by atoms with E-state index in [9.17, 15) is 9.18 Å². The van der Waals surface area contributed by atoms with Gasteiger partial charge in [0, 0.05) is 5.56 Å². The zero-order chi connectivity index (χ0) is 12.8. The first kappa shape index (κ1) is 12.7. The lowest BCUT2D eigenvalue weighted by atomic mass is 10.1. The monoisotopic (exact) mass is 231 g/mol. The third kappa shape index (κ3) is 3.02. The molecule has 4 nitrogen and oxygen atoms in total. The maximum absolute atomic E-state index is 13.0. The highest BCUT2D eigenvalue weighted by atomic mass is 19.1. The molecule has 0 unspecified atom stereocenters. The van der Waals surface area contributed by atoms with Crippen LogP contribution in [-0.4, -0.2) is 23.9 Å². The van der Waals surface area contributed by atoms with E-state index in [4.69, 9.17) is 10.5 Å². The van der Waals surface area contributed by atoms with E-state index in [1.165, 1.54) is 18.2 Å². The molecule has 1 aromatic rings. The number of nitrogens with zero attached hydrogens (tertiary/aromatic N) is 3. The fraction of sp³-hybridized carbons (Fsp3) is 0.250. The van der Waals surface area contributed by atoms with Crippen LogP contribution in [-0.2, 0) is 0 Å². The van der Waals surface area contributed by atoms with Crippen LogP contribution in [0.15, 0.2) is 18.2 Å². The Bertz CT molecular complexity index is 497. The Kier molecular flexibility index (Phi) is 4.19. The van der Waals surface area contributed by atoms with Gasteiger partial charge in [-0.25, -0.2) is 4.39 Å². The van der Waals surface area contributed by atoms with Gasteiger partial charge in [0.1, 0.15) is 18.9 Å². The minimum Gasteiger partial charge on any atom is -0.312 e. The predicted octanol–water partition coefficient (Wildman–Crippen LogP) is 1.62. The first-order valence-electron chi connectivity index (χ1n) is 4.89. The molecule has 1 aromatic carbocycles. The lowest BCUT2D eigenvalue weighted by Gasteiger charge is -2.15. The molecule has 0 heterocycles. The van der Waals surface area contributed by atoms with Gasteiger partial charge in [0.15, 0.2) is 0 Å². The van der Waals surface area contributed by atoms with Gasteiger partial charge in [-0.15, -0.1) is 0 Å². The molecular weight excluding hydrogens is 221 g/mol. The van der Waals surface area contributed by atoms with Crippen LogP contribution in [0, 0.1) is 35.4 Å². The van der Waals surface area contributed by atoms with Gasteiger partial charge in [0.05, 0.1) is 12.1 Å². The Morgan fingerprint density at radius 2 is 1.94 bits per heavy atom. The Morgan fingerprint density at radius 3 is 2.41 bits per heavy atom. The van der Waals surface area contributed by atoms with Gasteiger partial charge in [0.2, 0.25) is 0 Å². The molecule has 0 atom stereocenters. The smallest absolute Gasteiger partial charge is 0.255 e. The highest BCUT2D eigenvalue weighted by molar-refractivity contribution is 5.94. The number of hydrogen-bond acceptors (Lipinski definition) is 3. The number of amides is 1. The number of aryl methyl sites for hydroxylation is 1. The maximum atomic E-state index is 13.0. The average molecular weight is 231 g/mol. The molecule has 1 amide bonds. The molecule has 0 aliphatic rings. The molecule has 17 heavy (non-hydrogen) atoms. The van der Waals surface area contributed by atoms with Crippen LogP contribution in [0.3, 0.4) is 0 Å². The average Bonchev–Trinajstić information content (AvgIpc) is 2.31. The summed E-state index contributed by atoms with van der Waals surface area (Å²) in [6, 6.07) is 7.55. The number of carbonyl (C=O) groups excluding carboxylic acids is 1. The molecule has 0 saturated carbocycles. The Labute approximate surface area is 98.5 Å². The minimum atomic E-state index is -0.448. The van der Waals surface area contributed by atoms with Crippen molar-refractivity contribution in [2.45, 2.75) is 6.92 Å². The molecule has 1 rings (SSSR count). The van der Waals surface area contributed by atoms with Crippen molar-refractivity contribution in [2.75, 3.05) is 13.1 Å². The van der Waals surface area contributed by atoms with E-state index in [0.717, 1.165) is 4.90 Å². The van der Waals surface area contributed by atoms with Crippen LogP contribution in [0.25, 0.3) is 0 Å². The predicted molar refractivity (Wildman–Crippen MR) is 58.3 cm³/mol. The maximum Gasteiger partial charge on any atom is 0.255 e. The van der Waals surface area contributed by atoms with Gasteiger partial charge in [-0.1, -0.05) is 0 Å². The van der Waals surface area contributed by atoms with Gasteiger partial charge in [0.25, 0.3) is 5.91 Å². The van der Waals surface area contributed by atoms with E-state index in [2.05, 4.69) is 0 Å². The van der Waals surface area contributed by atoms with Crippen molar-refractivity contribution in [3.05, 3.63) is 35.1 Å². The van der Waals surface area contributed by atoms with Crippen molar-refractivity contribution in [1.82, 2.24) is 4.90 Å². The zero-order valence-electron chi connectivity index (χ0n) is 9.27. The first-order chi connectivity index (χ1) is 8.10. The van der Waals surface area contributed by atoms with Crippen LogP contribution >= 0.6 is 0 Å². The van der Waals surface area contributed by atoms with Crippen molar-refractivity contribution >= 4 is 5.91 Å². The lowest BCUT2D eigenvalue weighted by molar-refractivity contribution is 0.0794. The first-order valence-corrected chi connectivity index (χ1v) is 4.89. The molecule has 0 radical (unpaired) electrons. The standard InChI is InChI=1S/C12H10FN3O/c1-9-8-10(2-3-11(9)13)12(17)16(6-4-14)7-5-15/h2-3,8H,6-7H2,1H3. The van der Waals surface area contributed by atoms with Crippen molar-refractivity contribution < 1.29 is 9.18 Å². The molecule has 5 heteroatoms. The van der Waals surface area contributed by atoms with Crippen LogP contribution in [0.5, 0.6) is 0 Å². The summed E-state index contributed by atoms with van der Waals surface area (Å²) in [6.45, 7) is 1.22. The van der Waals surface area contributed by atoms with Crippen molar-refractivity contribution in [3.63, 3.8) is 0 Å². The second-order valence-electron chi connectivity index (χ2n) is 3.44. The number of hydrogen-bond donors (Lipinski definition) is 0. The number of benzene rings is 1. The van der Waals surface area contributed by atoms with Crippen LogP contribution in [0.4, 0.5) is 4.39 Å². The second kappa shape index (κ2) is 5.62. The number of halogens is 1. The van der Waals surface area contributed by atoms with E-state index in [-0.39, 0.29) is 18.7 Å². The molecule has 0 bridgehead atoms. The van der Waals surface area contributed by atoms with E-state index in [1.807, 2.05) is 12.1 Å². The summed E-state index contributed by atoms with van der Waals surface area (Å²) in [5.74, 6) is -0.843. The fourth-order valence-electron chi connectivity index (χ4n) is 1.33. The molecule has 0 aliphatic heterocycles. The van der Waals surface area contributed by atoms with Crippen molar-refractivity contribution in [2.24, 2.45) is 0 Å². The summed E-state index contributed by atoms with van der Waals surface area (Å²) >= 11 is 0. The SMILES string of the molecule is Cc1cc(C(=O)N(CC#N)CC#N)ccc1F. The molecule has 0 aliphatic carbocycles. The van der Waals surface area contributed by atoms with E-state index in [1.54, 1.807) is 6.92 Å². The lowest BCUT2D eigenvalue weighted by Crippen LogP contribution is -2.31. The van der Waals surface area contributed by atoms with Crippen LogP contribution < -0.4 is 0 Å². The summed E-state index contributed by atoms with van der Waals surface area (Å²) in [4.78, 5) is 13.0. The normalized spacial score (nSPS) is 9.18. The van der Waals surface area contributed by atoms with Crippen molar-refractivity contribution in [1.29, 1.82) is 10.5 Å². The van der Waals surface area contributed by atoms with Crippen LogP contribution in [0.1, 0.15) is 15.9 Å². The second-order valence-corrected chi connectivity index (χ2v) is 3.44. The third-order valence-electron chi connectivity index (χ3n) is 2.22. The highest BCUT2D eigenvalue weighted by Crippen LogP contribution is 2.11. The van der Waals surface area contributed by atoms with E-state index in [0.29, 0.717) is 5.56 Å². The summed E-state index contributed by atoms with van der Waals surface area (Å²) < 4.78 is 13.0. The van der Waals surface area contributed by atoms with Crippen molar-refractivity contribution in [3.8, 4) is 12.1 Å². The number of carbonyl (C=O) groups is 1. The molecule has 0 aromatic heterocycles. The summed E-state index contributed by atoms with van der Waals surface area (Å²) in [5.41, 5.74) is 0.624. The molecule has 0 N–H and O–H groups in total. The Hall–Kier alpha value is -2.40. The Balaban J connectivity index is 2.98.